The third-order valence-corrected chi connectivity index (χ3v) is 6.46. The third kappa shape index (κ3) is 3.62. The van der Waals surface area contributed by atoms with Gasteiger partial charge in [-0.15, -0.1) is 0 Å². The first-order valence-corrected chi connectivity index (χ1v) is 10.3. The molecular weight excluding hydrogens is 344 g/mol. The third-order valence-electron chi connectivity index (χ3n) is 4.94. The summed E-state index contributed by atoms with van der Waals surface area (Å²) >= 11 is 0. The highest BCUT2D eigenvalue weighted by Gasteiger charge is 2.38. The average Bonchev–Trinajstić information content (AvgIpc) is 2.80. The zero-order chi connectivity index (χ0) is 17.4. The summed E-state index contributed by atoms with van der Waals surface area (Å²) < 4.78 is 45.2. The summed E-state index contributed by atoms with van der Waals surface area (Å²) in [6, 6.07) is 5.00. The molecule has 0 saturated carbocycles. The predicted molar refractivity (Wildman–Crippen MR) is 91.6 cm³/mol. The molecule has 3 aliphatic heterocycles. The summed E-state index contributed by atoms with van der Waals surface area (Å²) in [6.45, 7) is 5.41. The van der Waals surface area contributed by atoms with Gasteiger partial charge in [-0.3, -0.25) is 4.90 Å². The van der Waals surface area contributed by atoms with Gasteiger partial charge in [-0.2, -0.15) is 0 Å². The molecule has 3 aliphatic rings. The Labute approximate surface area is 148 Å². The first kappa shape index (κ1) is 17.1. The molecule has 3 heterocycles. The number of nitrogens with zero attached hydrogens (tertiary/aromatic N) is 1. The van der Waals surface area contributed by atoms with Crippen molar-refractivity contribution >= 4 is 10.0 Å². The maximum atomic E-state index is 12.8. The van der Waals surface area contributed by atoms with Gasteiger partial charge in [0.2, 0.25) is 10.0 Å². The molecule has 8 heteroatoms. The minimum atomic E-state index is -3.60. The zero-order valence-electron chi connectivity index (χ0n) is 14.3. The van der Waals surface area contributed by atoms with Crippen LogP contribution in [-0.4, -0.2) is 64.4 Å². The first-order chi connectivity index (χ1) is 12.0. The lowest BCUT2D eigenvalue weighted by Crippen LogP contribution is -2.45. The summed E-state index contributed by atoms with van der Waals surface area (Å²) in [4.78, 5) is 2.53. The molecule has 0 unspecified atom stereocenters. The van der Waals surface area contributed by atoms with Crippen LogP contribution < -0.4 is 14.2 Å². The van der Waals surface area contributed by atoms with E-state index in [2.05, 4.69) is 9.62 Å². The second-order valence-electron chi connectivity index (χ2n) is 6.96. The van der Waals surface area contributed by atoms with E-state index in [1.54, 1.807) is 18.2 Å². The Hall–Kier alpha value is -1.35. The van der Waals surface area contributed by atoms with Crippen molar-refractivity contribution in [1.82, 2.24) is 9.62 Å². The maximum Gasteiger partial charge on any atom is 0.241 e. The summed E-state index contributed by atoms with van der Waals surface area (Å²) in [5.41, 5.74) is 0. The highest BCUT2D eigenvalue weighted by Crippen LogP contribution is 2.32. The van der Waals surface area contributed by atoms with E-state index in [9.17, 15) is 8.42 Å². The largest absolute Gasteiger partial charge is 0.490 e. The lowest BCUT2D eigenvalue weighted by molar-refractivity contribution is -0.0390. The Morgan fingerprint density at radius 1 is 1.16 bits per heavy atom. The molecule has 25 heavy (non-hydrogen) atoms. The van der Waals surface area contributed by atoms with Crippen LogP contribution >= 0.6 is 0 Å². The van der Waals surface area contributed by atoms with Gasteiger partial charge in [-0.1, -0.05) is 0 Å². The zero-order valence-corrected chi connectivity index (χ0v) is 15.1. The molecule has 0 bridgehead atoms. The summed E-state index contributed by atoms with van der Waals surface area (Å²) in [6.07, 6.45) is 1.76. The molecule has 1 aromatic carbocycles. The number of fused-ring (bicyclic) bond motifs is 2. The normalized spacial score (nSPS) is 29.9. The second-order valence-corrected chi connectivity index (χ2v) is 8.68. The standard InChI is InChI=1S/C17H24N2O5S/c1-12-9-19-10-13(7-14(19)11-24-12)18-25(20,21)15-3-4-16-17(8-15)23-6-2-5-22-16/h3-4,8,12-14,18H,2,5-7,9-11H2,1H3/t12-,13+,14-/m0/s1. The highest BCUT2D eigenvalue weighted by atomic mass is 32.2. The monoisotopic (exact) mass is 368 g/mol. The van der Waals surface area contributed by atoms with Crippen molar-refractivity contribution in [2.24, 2.45) is 0 Å². The van der Waals surface area contributed by atoms with Crippen molar-refractivity contribution in [3.63, 3.8) is 0 Å². The van der Waals surface area contributed by atoms with E-state index < -0.39 is 10.0 Å². The molecule has 1 aromatic rings. The van der Waals surface area contributed by atoms with E-state index in [1.165, 1.54) is 0 Å². The Morgan fingerprint density at radius 2 is 1.96 bits per heavy atom. The predicted octanol–water partition coefficient (Wildman–Crippen LogP) is 0.988. The topological polar surface area (TPSA) is 77.1 Å². The number of morpholine rings is 1. The van der Waals surface area contributed by atoms with Crippen LogP contribution in [0.4, 0.5) is 0 Å². The Balaban J connectivity index is 1.48. The molecule has 0 aliphatic carbocycles. The van der Waals surface area contributed by atoms with Crippen molar-refractivity contribution in [1.29, 1.82) is 0 Å². The Bertz CT molecular complexity index is 739. The van der Waals surface area contributed by atoms with Gasteiger partial charge in [0.25, 0.3) is 0 Å². The molecule has 4 rings (SSSR count). The fraction of sp³-hybridized carbons (Fsp3) is 0.647. The highest BCUT2D eigenvalue weighted by molar-refractivity contribution is 7.89. The van der Waals surface area contributed by atoms with Crippen LogP contribution in [0.2, 0.25) is 0 Å². The van der Waals surface area contributed by atoms with Crippen molar-refractivity contribution in [3.05, 3.63) is 18.2 Å². The molecule has 1 N–H and O–H groups in total. The average molecular weight is 368 g/mol. The first-order valence-electron chi connectivity index (χ1n) is 8.79. The van der Waals surface area contributed by atoms with E-state index >= 15 is 0 Å². The van der Waals surface area contributed by atoms with Gasteiger partial charge < -0.3 is 14.2 Å². The van der Waals surface area contributed by atoms with Crippen LogP contribution in [0, 0.1) is 0 Å². The van der Waals surface area contributed by atoms with Crippen LogP contribution in [0.3, 0.4) is 0 Å². The second kappa shape index (κ2) is 6.75. The van der Waals surface area contributed by atoms with Crippen molar-refractivity contribution < 1.29 is 22.6 Å². The fourth-order valence-electron chi connectivity index (χ4n) is 3.72. The van der Waals surface area contributed by atoms with Gasteiger partial charge in [-0.05, 0) is 25.5 Å². The van der Waals surface area contributed by atoms with E-state index in [0.29, 0.717) is 37.4 Å². The number of nitrogens with one attached hydrogen (secondary N) is 1. The van der Waals surface area contributed by atoms with Crippen LogP contribution in [0.15, 0.2) is 23.1 Å². The SMILES string of the molecule is C[C@H]1CN2C[C@H](NS(=O)(=O)c3ccc4c(c3)OCCCO4)C[C@H]2CO1. The number of rotatable bonds is 3. The molecule has 2 saturated heterocycles. The fourth-order valence-corrected chi connectivity index (χ4v) is 4.98. The van der Waals surface area contributed by atoms with Gasteiger partial charge in [-0.25, -0.2) is 13.1 Å². The molecule has 0 radical (unpaired) electrons. The van der Waals surface area contributed by atoms with E-state index in [4.69, 9.17) is 14.2 Å². The Kier molecular flexibility index (Phi) is 4.61. The van der Waals surface area contributed by atoms with Gasteiger partial charge in [0.05, 0.1) is 30.8 Å². The summed E-state index contributed by atoms with van der Waals surface area (Å²) in [5, 5.41) is 0. The summed E-state index contributed by atoms with van der Waals surface area (Å²) in [5.74, 6) is 1.09. The van der Waals surface area contributed by atoms with Crippen LogP contribution in [0.5, 0.6) is 11.5 Å². The van der Waals surface area contributed by atoms with Gasteiger partial charge in [0.15, 0.2) is 11.5 Å². The minimum absolute atomic E-state index is 0.0973. The lowest BCUT2D eigenvalue weighted by atomic mass is 10.2. The number of hydrogen-bond donors (Lipinski definition) is 1. The Morgan fingerprint density at radius 3 is 2.80 bits per heavy atom. The lowest BCUT2D eigenvalue weighted by Gasteiger charge is -2.33. The number of ether oxygens (including phenoxy) is 3. The van der Waals surface area contributed by atoms with E-state index in [1.807, 2.05) is 6.92 Å². The summed E-state index contributed by atoms with van der Waals surface area (Å²) in [7, 11) is -3.60. The smallest absolute Gasteiger partial charge is 0.241 e. The molecule has 2 fully saturated rings. The van der Waals surface area contributed by atoms with E-state index in [-0.39, 0.29) is 17.0 Å². The van der Waals surface area contributed by atoms with Crippen LogP contribution in [0.25, 0.3) is 0 Å². The maximum absolute atomic E-state index is 12.8. The number of benzene rings is 1. The minimum Gasteiger partial charge on any atom is -0.490 e. The molecule has 0 amide bonds. The molecule has 3 atom stereocenters. The van der Waals surface area contributed by atoms with Gasteiger partial charge in [0.1, 0.15) is 0 Å². The molecular formula is C17H24N2O5S. The van der Waals surface area contributed by atoms with Crippen LogP contribution in [-0.2, 0) is 14.8 Å². The van der Waals surface area contributed by atoms with Gasteiger partial charge >= 0.3 is 0 Å². The van der Waals surface area contributed by atoms with Crippen molar-refractivity contribution in [2.75, 3.05) is 32.9 Å². The van der Waals surface area contributed by atoms with Crippen molar-refractivity contribution in [2.45, 2.75) is 42.8 Å². The van der Waals surface area contributed by atoms with E-state index in [0.717, 1.165) is 25.9 Å². The van der Waals surface area contributed by atoms with Crippen LogP contribution in [0.1, 0.15) is 19.8 Å². The van der Waals surface area contributed by atoms with Crippen molar-refractivity contribution in [3.8, 4) is 11.5 Å². The molecule has 0 aromatic heterocycles. The number of hydrogen-bond acceptors (Lipinski definition) is 6. The molecule has 138 valence electrons. The molecule has 0 spiro atoms. The van der Waals surface area contributed by atoms with Gasteiger partial charge in [0, 0.05) is 37.7 Å². The molecule has 7 nitrogen and oxygen atoms in total. The quantitative estimate of drug-likeness (QED) is 0.857. The number of sulfonamides is 1.